The number of H-pyrrole nitrogens is 1. The smallest absolute Gasteiger partial charge is 0.271 e. The highest BCUT2D eigenvalue weighted by Gasteiger charge is 2.25. The van der Waals surface area contributed by atoms with Gasteiger partial charge in [0, 0.05) is 5.69 Å². The van der Waals surface area contributed by atoms with Gasteiger partial charge in [-0.05, 0) is 11.6 Å². The van der Waals surface area contributed by atoms with Crippen LogP contribution in [0.15, 0.2) is 10.9 Å². The molecule has 0 amide bonds. The maximum atomic E-state index is 11.1. The minimum absolute atomic E-state index is 0.0245. The Morgan fingerprint density at radius 2 is 2.08 bits per heavy atom. The van der Waals surface area contributed by atoms with Gasteiger partial charge < -0.3 is 10.7 Å². The van der Waals surface area contributed by atoms with Crippen molar-refractivity contribution in [1.29, 1.82) is 0 Å². The number of nitrogens with two attached hydrogens (primary N) is 1. The van der Waals surface area contributed by atoms with Crippen molar-refractivity contribution in [3.8, 4) is 0 Å². The molecule has 2 rings (SSSR count). The number of nitrogens with one attached hydrogen (secondary N) is 1. The zero-order valence-electron chi connectivity index (χ0n) is 6.70. The van der Waals surface area contributed by atoms with E-state index >= 15 is 0 Å². The molecular formula is C7H8N2O3S. The minimum Gasteiger partial charge on any atom is -0.394 e. The van der Waals surface area contributed by atoms with E-state index in [1.807, 2.05) is 0 Å². The summed E-state index contributed by atoms with van der Waals surface area (Å²) in [6.45, 7) is 0. The van der Waals surface area contributed by atoms with E-state index in [0.717, 1.165) is 0 Å². The third kappa shape index (κ3) is 1.33. The molecule has 0 saturated heterocycles. The first-order valence-electron chi connectivity index (χ1n) is 3.69. The van der Waals surface area contributed by atoms with Gasteiger partial charge in [-0.1, -0.05) is 0 Å². The Morgan fingerprint density at radius 3 is 2.77 bits per heavy atom. The summed E-state index contributed by atoms with van der Waals surface area (Å²) in [6, 6.07) is 1.43. The van der Waals surface area contributed by atoms with Gasteiger partial charge in [0.15, 0.2) is 9.84 Å². The van der Waals surface area contributed by atoms with Crippen molar-refractivity contribution in [2.45, 2.75) is 11.5 Å². The molecule has 0 spiro atoms. The van der Waals surface area contributed by atoms with Crippen molar-refractivity contribution < 1.29 is 8.42 Å². The fourth-order valence-corrected chi connectivity index (χ4v) is 2.93. The lowest BCUT2D eigenvalue weighted by atomic mass is 10.2. The number of fused-ring (bicyclic) bond motifs is 1. The average Bonchev–Trinajstić information content (AvgIpc) is 2.24. The van der Waals surface area contributed by atoms with E-state index in [-0.39, 0.29) is 17.2 Å². The lowest BCUT2D eigenvalue weighted by Crippen LogP contribution is -2.13. The highest BCUT2D eigenvalue weighted by molar-refractivity contribution is 7.90. The van der Waals surface area contributed by atoms with Crippen molar-refractivity contribution in [2.24, 2.45) is 0 Å². The molecule has 3 N–H and O–H groups in total. The van der Waals surface area contributed by atoms with Crippen molar-refractivity contribution in [3.63, 3.8) is 0 Å². The second-order valence-electron chi connectivity index (χ2n) is 3.09. The second kappa shape index (κ2) is 2.35. The number of hydrogen-bond donors (Lipinski definition) is 2. The normalized spacial score (nSPS) is 18.5. The number of rotatable bonds is 0. The molecular weight excluding hydrogens is 192 g/mol. The summed E-state index contributed by atoms with van der Waals surface area (Å²) in [6.07, 6.45) is 0. The summed E-state index contributed by atoms with van der Waals surface area (Å²) < 4.78 is 22.3. The maximum absolute atomic E-state index is 11.1. The van der Waals surface area contributed by atoms with Gasteiger partial charge in [0.25, 0.3) is 5.56 Å². The molecule has 0 atom stereocenters. The van der Waals surface area contributed by atoms with Crippen LogP contribution in [0, 0.1) is 0 Å². The van der Waals surface area contributed by atoms with Crippen LogP contribution in [0.25, 0.3) is 0 Å². The summed E-state index contributed by atoms with van der Waals surface area (Å²) in [5.41, 5.74) is 6.07. The van der Waals surface area contributed by atoms with Gasteiger partial charge in [-0.3, -0.25) is 4.79 Å². The highest BCUT2D eigenvalue weighted by atomic mass is 32.2. The highest BCUT2D eigenvalue weighted by Crippen LogP contribution is 2.22. The molecule has 0 aliphatic carbocycles. The van der Waals surface area contributed by atoms with Crippen LogP contribution in [-0.4, -0.2) is 13.4 Å². The third-order valence-corrected chi connectivity index (χ3v) is 3.46. The standard InChI is InChI=1S/C7H8N2O3S/c8-5-1-4-2-13(11,12)3-6(4)9-7(5)10/h1H,2-3,8H2,(H,9,10). The lowest BCUT2D eigenvalue weighted by molar-refractivity contribution is 0.597. The molecule has 1 aromatic heterocycles. The SMILES string of the molecule is Nc1cc2c([nH]c1=O)CS(=O)(=O)C2. The Bertz CT molecular complexity index is 515. The zero-order chi connectivity index (χ0) is 9.64. The lowest BCUT2D eigenvalue weighted by Gasteiger charge is -1.96. The van der Waals surface area contributed by atoms with Crippen LogP contribution < -0.4 is 11.3 Å². The van der Waals surface area contributed by atoms with Crippen LogP contribution in [0.1, 0.15) is 11.3 Å². The van der Waals surface area contributed by atoms with E-state index in [9.17, 15) is 13.2 Å². The molecule has 0 unspecified atom stereocenters. The molecule has 1 aliphatic rings. The van der Waals surface area contributed by atoms with Gasteiger partial charge >= 0.3 is 0 Å². The largest absolute Gasteiger partial charge is 0.394 e. The Morgan fingerprint density at radius 1 is 1.38 bits per heavy atom. The van der Waals surface area contributed by atoms with E-state index in [0.29, 0.717) is 11.3 Å². The molecule has 6 heteroatoms. The monoisotopic (exact) mass is 200 g/mol. The quantitative estimate of drug-likeness (QED) is 0.584. The number of hydrogen-bond acceptors (Lipinski definition) is 4. The predicted octanol–water partition coefficient (Wildman–Crippen LogP) is -0.614. The molecule has 1 aromatic rings. The summed E-state index contributed by atoms with van der Waals surface area (Å²) in [5.74, 6) is -0.110. The zero-order valence-corrected chi connectivity index (χ0v) is 7.52. The van der Waals surface area contributed by atoms with Gasteiger partial charge in [0.05, 0.1) is 17.2 Å². The number of aromatic amines is 1. The van der Waals surface area contributed by atoms with Crippen molar-refractivity contribution >= 4 is 15.5 Å². The molecule has 2 heterocycles. The first-order valence-corrected chi connectivity index (χ1v) is 5.51. The van der Waals surface area contributed by atoms with E-state index in [1.54, 1.807) is 0 Å². The van der Waals surface area contributed by atoms with Gasteiger partial charge in [0.1, 0.15) is 0 Å². The average molecular weight is 200 g/mol. The summed E-state index contributed by atoms with van der Waals surface area (Å²) >= 11 is 0. The topological polar surface area (TPSA) is 93.0 Å². The molecule has 13 heavy (non-hydrogen) atoms. The van der Waals surface area contributed by atoms with Gasteiger partial charge in [-0.2, -0.15) is 0 Å². The molecule has 0 fully saturated rings. The fourth-order valence-electron chi connectivity index (χ4n) is 1.40. The number of sulfone groups is 1. The third-order valence-electron chi connectivity index (χ3n) is 1.98. The van der Waals surface area contributed by atoms with Crippen LogP contribution in [-0.2, 0) is 21.3 Å². The first kappa shape index (κ1) is 8.31. The van der Waals surface area contributed by atoms with Gasteiger partial charge in [0.2, 0.25) is 0 Å². The van der Waals surface area contributed by atoms with Crippen LogP contribution in [0.4, 0.5) is 5.69 Å². The van der Waals surface area contributed by atoms with Crippen LogP contribution in [0.2, 0.25) is 0 Å². The minimum atomic E-state index is -3.06. The maximum Gasteiger partial charge on any atom is 0.271 e. The molecule has 70 valence electrons. The van der Waals surface area contributed by atoms with Crippen LogP contribution >= 0.6 is 0 Å². The predicted molar refractivity (Wildman–Crippen MR) is 47.8 cm³/mol. The van der Waals surface area contributed by atoms with Crippen molar-refractivity contribution in [3.05, 3.63) is 27.7 Å². The Kier molecular flexibility index (Phi) is 1.50. The van der Waals surface area contributed by atoms with Crippen molar-refractivity contribution in [2.75, 3.05) is 5.73 Å². The Balaban J connectivity index is 2.67. The van der Waals surface area contributed by atoms with Gasteiger partial charge in [-0.15, -0.1) is 0 Å². The van der Waals surface area contributed by atoms with Gasteiger partial charge in [-0.25, -0.2) is 8.42 Å². The van der Waals surface area contributed by atoms with E-state index in [4.69, 9.17) is 5.73 Å². The molecule has 0 aromatic carbocycles. The molecule has 5 nitrogen and oxygen atoms in total. The molecule has 0 saturated carbocycles. The van der Waals surface area contributed by atoms with Crippen LogP contribution in [0.3, 0.4) is 0 Å². The van der Waals surface area contributed by atoms with Crippen LogP contribution in [0.5, 0.6) is 0 Å². The summed E-state index contributed by atoms with van der Waals surface area (Å²) in [7, 11) is -3.06. The first-order chi connectivity index (χ1) is 5.98. The number of aromatic nitrogens is 1. The van der Waals surface area contributed by atoms with E-state index in [2.05, 4.69) is 4.98 Å². The summed E-state index contributed by atoms with van der Waals surface area (Å²) in [4.78, 5) is 13.5. The second-order valence-corrected chi connectivity index (χ2v) is 5.15. The Hall–Kier alpha value is -1.30. The van der Waals surface area contributed by atoms with Crippen molar-refractivity contribution in [1.82, 2.24) is 4.98 Å². The van der Waals surface area contributed by atoms with E-state index < -0.39 is 15.4 Å². The number of pyridine rings is 1. The van der Waals surface area contributed by atoms with E-state index in [1.165, 1.54) is 6.07 Å². The molecule has 0 bridgehead atoms. The molecule has 0 radical (unpaired) electrons. The Labute approximate surface area is 74.5 Å². The number of anilines is 1. The number of nitrogen functional groups attached to an aromatic ring is 1. The fraction of sp³-hybridized carbons (Fsp3) is 0.286. The summed E-state index contributed by atoms with van der Waals surface area (Å²) in [5, 5.41) is 0. The molecule has 1 aliphatic heterocycles.